The van der Waals surface area contributed by atoms with Crippen LogP contribution in [0.2, 0.25) is 0 Å². The number of carbonyl (C=O) groups is 2. The highest BCUT2D eigenvalue weighted by molar-refractivity contribution is 5.87. The Bertz CT molecular complexity index is 231. The highest BCUT2D eigenvalue weighted by Crippen LogP contribution is 2.03. The van der Waals surface area contributed by atoms with E-state index in [1.807, 2.05) is 0 Å². The summed E-state index contributed by atoms with van der Waals surface area (Å²) in [5, 5.41) is 5.91. The average Bonchev–Trinajstić information content (AvgIpc) is 2.30. The molecule has 1 saturated heterocycles. The molecule has 0 aromatic carbocycles. The molecule has 92 valence electrons. The molecular weight excluding hydrogens is 212 g/mol. The Morgan fingerprint density at radius 2 is 1.38 bits per heavy atom. The van der Waals surface area contributed by atoms with Gasteiger partial charge in [0.05, 0.1) is 13.2 Å². The predicted molar refractivity (Wildman–Crippen MR) is 56.8 cm³/mol. The van der Waals surface area contributed by atoms with Crippen molar-refractivity contribution in [2.45, 2.75) is 25.9 Å². The summed E-state index contributed by atoms with van der Waals surface area (Å²) in [6.07, 6.45) is 0. The zero-order chi connectivity index (χ0) is 12.0. The zero-order valence-corrected chi connectivity index (χ0v) is 9.62. The molecule has 1 aliphatic heterocycles. The van der Waals surface area contributed by atoms with E-state index in [4.69, 9.17) is 9.47 Å². The smallest absolute Gasteiger partial charge is 0.325 e. The van der Waals surface area contributed by atoms with Gasteiger partial charge < -0.3 is 20.1 Å². The molecule has 1 rings (SSSR count). The van der Waals surface area contributed by atoms with Crippen molar-refractivity contribution in [1.82, 2.24) is 10.6 Å². The van der Waals surface area contributed by atoms with Gasteiger partial charge in [-0.15, -0.1) is 0 Å². The van der Waals surface area contributed by atoms with Gasteiger partial charge in [-0.2, -0.15) is 0 Å². The van der Waals surface area contributed by atoms with Crippen LogP contribution in [0.5, 0.6) is 0 Å². The van der Waals surface area contributed by atoms with Crippen LogP contribution in [0.15, 0.2) is 0 Å². The first-order valence-corrected chi connectivity index (χ1v) is 5.50. The summed E-state index contributed by atoms with van der Waals surface area (Å²) >= 11 is 0. The fraction of sp³-hybridized carbons (Fsp3) is 0.800. The number of hydrogen-bond donors (Lipinski definition) is 2. The van der Waals surface area contributed by atoms with Gasteiger partial charge in [0.25, 0.3) is 0 Å². The van der Waals surface area contributed by atoms with Crippen molar-refractivity contribution in [3.05, 3.63) is 0 Å². The summed E-state index contributed by atoms with van der Waals surface area (Å²) in [5.74, 6) is -0.847. The number of nitrogens with one attached hydrogen (secondary N) is 2. The van der Waals surface area contributed by atoms with Crippen LogP contribution in [0.1, 0.15) is 13.8 Å². The summed E-state index contributed by atoms with van der Waals surface area (Å²) < 4.78 is 9.78. The van der Waals surface area contributed by atoms with Gasteiger partial charge in [-0.25, -0.2) is 0 Å². The van der Waals surface area contributed by atoms with Crippen molar-refractivity contribution >= 4 is 11.9 Å². The third-order valence-electron chi connectivity index (χ3n) is 2.27. The van der Waals surface area contributed by atoms with E-state index >= 15 is 0 Å². The topological polar surface area (TPSA) is 76.7 Å². The number of carbonyl (C=O) groups excluding carboxylic acids is 2. The lowest BCUT2D eigenvalue weighted by Crippen LogP contribution is -2.63. The molecule has 0 aromatic rings. The summed E-state index contributed by atoms with van der Waals surface area (Å²) in [7, 11) is 0. The molecule has 0 spiro atoms. The first-order chi connectivity index (χ1) is 7.70. The van der Waals surface area contributed by atoms with Gasteiger partial charge in [-0.3, -0.25) is 9.59 Å². The van der Waals surface area contributed by atoms with Crippen LogP contribution in [-0.4, -0.2) is 50.3 Å². The van der Waals surface area contributed by atoms with Crippen LogP contribution in [0.3, 0.4) is 0 Å². The van der Waals surface area contributed by atoms with E-state index < -0.39 is 24.0 Å². The maximum Gasteiger partial charge on any atom is 0.325 e. The maximum absolute atomic E-state index is 11.6. The average molecular weight is 230 g/mol. The highest BCUT2D eigenvalue weighted by atomic mass is 16.5. The van der Waals surface area contributed by atoms with Crippen LogP contribution in [0, 0.1) is 0 Å². The molecule has 0 radical (unpaired) electrons. The second-order valence-electron chi connectivity index (χ2n) is 3.37. The zero-order valence-electron chi connectivity index (χ0n) is 9.62. The molecule has 0 bridgehead atoms. The van der Waals surface area contributed by atoms with E-state index in [1.54, 1.807) is 13.8 Å². The molecule has 0 aliphatic carbocycles. The van der Waals surface area contributed by atoms with Crippen LogP contribution in [-0.2, 0) is 19.1 Å². The molecule has 0 amide bonds. The number of esters is 2. The minimum absolute atomic E-state index is 0.298. The van der Waals surface area contributed by atoms with Crippen molar-refractivity contribution < 1.29 is 19.1 Å². The maximum atomic E-state index is 11.6. The van der Waals surface area contributed by atoms with Crippen molar-refractivity contribution in [3.63, 3.8) is 0 Å². The van der Waals surface area contributed by atoms with Gasteiger partial charge in [0, 0.05) is 13.1 Å². The van der Waals surface area contributed by atoms with Crippen molar-refractivity contribution in [2.24, 2.45) is 0 Å². The normalized spacial score (nSPS) is 24.9. The van der Waals surface area contributed by atoms with E-state index in [9.17, 15) is 9.59 Å². The molecule has 0 saturated carbocycles. The number of hydrogen-bond acceptors (Lipinski definition) is 6. The predicted octanol–water partition coefficient (Wildman–Crippen LogP) is -0.957. The standard InChI is InChI=1S/C10H18N2O4/c1-3-15-9(13)7-8(10(14)16-4-2)12-6-5-11-7/h7-8,11-12H,3-6H2,1-2H3/t7-,8-/m0/s1. The lowest BCUT2D eigenvalue weighted by atomic mass is 10.1. The first-order valence-electron chi connectivity index (χ1n) is 5.50. The van der Waals surface area contributed by atoms with E-state index in [0.29, 0.717) is 26.3 Å². The molecule has 6 heteroatoms. The van der Waals surface area contributed by atoms with Gasteiger partial charge in [0.15, 0.2) is 0 Å². The molecular formula is C10H18N2O4. The monoisotopic (exact) mass is 230 g/mol. The molecule has 1 fully saturated rings. The molecule has 2 atom stereocenters. The van der Waals surface area contributed by atoms with Gasteiger partial charge in [0.2, 0.25) is 0 Å². The molecule has 1 aliphatic rings. The second kappa shape index (κ2) is 6.44. The third kappa shape index (κ3) is 3.18. The van der Waals surface area contributed by atoms with Crippen molar-refractivity contribution in [1.29, 1.82) is 0 Å². The Labute approximate surface area is 94.7 Å². The lowest BCUT2D eigenvalue weighted by Gasteiger charge is -2.30. The first kappa shape index (κ1) is 12.9. The largest absolute Gasteiger partial charge is 0.465 e. The van der Waals surface area contributed by atoms with E-state index in [2.05, 4.69) is 10.6 Å². The minimum Gasteiger partial charge on any atom is -0.465 e. The highest BCUT2D eigenvalue weighted by Gasteiger charge is 2.37. The van der Waals surface area contributed by atoms with Gasteiger partial charge in [-0.1, -0.05) is 0 Å². The molecule has 6 nitrogen and oxygen atoms in total. The molecule has 1 heterocycles. The molecule has 2 N–H and O–H groups in total. The minimum atomic E-state index is -0.659. The van der Waals surface area contributed by atoms with Crippen LogP contribution >= 0.6 is 0 Å². The fourth-order valence-electron chi connectivity index (χ4n) is 1.59. The van der Waals surface area contributed by atoms with Gasteiger partial charge in [0.1, 0.15) is 12.1 Å². The quantitative estimate of drug-likeness (QED) is 0.606. The SMILES string of the molecule is CCOC(=O)[C@H]1NCCN[C@@H]1C(=O)OCC. The third-order valence-corrected chi connectivity index (χ3v) is 2.27. The fourth-order valence-corrected chi connectivity index (χ4v) is 1.59. The summed E-state index contributed by atoms with van der Waals surface area (Å²) in [4.78, 5) is 23.2. The van der Waals surface area contributed by atoms with Crippen molar-refractivity contribution in [3.8, 4) is 0 Å². The van der Waals surface area contributed by atoms with Crippen LogP contribution < -0.4 is 10.6 Å². The summed E-state index contributed by atoms with van der Waals surface area (Å²) in [6.45, 7) is 5.30. The number of ether oxygens (including phenoxy) is 2. The van der Waals surface area contributed by atoms with E-state index in [-0.39, 0.29) is 0 Å². The second-order valence-corrected chi connectivity index (χ2v) is 3.37. The van der Waals surface area contributed by atoms with E-state index in [1.165, 1.54) is 0 Å². The molecule has 0 aromatic heterocycles. The molecule has 16 heavy (non-hydrogen) atoms. The van der Waals surface area contributed by atoms with Gasteiger partial charge >= 0.3 is 11.9 Å². The van der Waals surface area contributed by atoms with Crippen molar-refractivity contribution in [2.75, 3.05) is 26.3 Å². The Kier molecular flexibility index (Phi) is 5.21. The van der Waals surface area contributed by atoms with Crippen LogP contribution in [0.4, 0.5) is 0 Å². The Hall–Kier alpha value is -1.14. The van der Waals surface area contributed by atoms with Crippen LogP contribution in [0.25, 0.3) is 0 Å². The summed E-state index contributed by atoms with van der Waals surface area (Å²) in [6, 6.07) is -1.32. The number of piperazine rings is 1. The Morgan fingerprint density at radius 1 is 1.00 bits per heavy atom. The lowest BCUT2D eigenvalue weighted by molar-refractivity contribution is -0.155. The Morgan fingerprint density at radius 3 is 1.69 bits per heavy atom. The summed E-state index contributed by atoms with van der Waals surface area (Å²) in [5.41, 5.74) is 0. The Balaban J connectivity index is 2.63. The van der Waals surface area contributed by atoms with Gasteiger partial charge in [-0.05, 0) is 13.8 Å². The van der Waals surface area contributed by atoms with E-state index in [0.717, 1.165) is 0 Å². The number of rotatable bonds is 4. The molecule has 0 unspecified atom stereocenters.